The number of rotatable bonds is 3. The van der Waals surface area contributed by atoms with Crippen molar-refractivity contribution in [2.24, 2.45) is 0 Å². The van der Waals surface area contributed by atoms with Gasteiger partial charge in [-0.2, -0.15) is 0 Å². The average Bonchev–Trinajstić information content (AvgIpc) is 1.86. The Bertz CT molecular complexity index is 255. The highest BCUT2D eigenvalue weighted by atomic mass is 35.5. The predicted molar refractivity (Wildman–Crippen MR) is 43.1 cm³/mol. The Labute approximate surface area is 73.8 Å². The molecule has 7 heteroatoms. The molecule has 0 rings (SSSR count). The lowest BCUT2D eigenvalue weighted by molar-refractivity contribution is -0.132. The first-order valence-corrected chi connectivity index (χ1v) is 5.01. The Kier molecular flexibility index (Phi) is 3.93. The molecule has 0 bridgehead atoms. The molecule has 1 atom stereocenters. The summed E-state index contributed by atoms with van der Waals surface area (Å²) in [5, 5.41) is 8.41. The van der Waals surface area contributed by atoms with E-state index in [1.165, 1.54) is 0 Å². The molecule has 70 valence electrons. The minimum Gasteiger partial charge on any atom is -0.478 e. The molecule has 0 spiro atoms. The van der Waals surface area contributed by atoms with Gasteiger partial charge in [0, 0.05) is 5.54 Å². The summed E-state index contributed by atoms with van der Waals surface area (Å²) in [4.78, 5) is 27.5. The summed E-state index contributed by atoms with van der Waals surface area (Å²) in [6, 6.07) is 0. The van der Waals surface area contributed by atoms with Crippen molar-refractivity contribution < 1.29 is 24.3 Å². The van der Waals surface area contributed by atoms with Gasteiger partial charge < -0.3 is 14.9 Å². The largest absolute Gasteiger partial charge is 0.478 e. The van der Waals surface area contributed by atoms with Crippen molar-refractivity contribution >= 4 is 25.2 Å². The number of carboxylic acids is 1. The Balaban J connectivity index is 4.80. The summed E-state index contributed by atoms with van der Waals surface area (Å²) in [5.74, 6) is -1.43. The number of halogens is 1. The van der Waals surface area contributed by atoms with Gasteiger partial charge in [0.15, 0.2) is 0 Å². The van der Waals surface area contributed by atoms with Crippen LogP contribution >= 0.6 is 19.2 Å². The van der Waals surface area contributed by atoms with Crippen LogP contribution < -0.4 is 0 Å². The summed E-state index contributed by atoms with van der Waals surface area (Å²) < 4.78 is 10.6. The van der Waals surface area contributed by atoms with E-state index in [1.54, 1.807) is 0 Å². The Morgan fingerprint density at radius 3 is 2.08 bits per heavy atom. The first-order valence-electron chi connectivity index (χ1n) is 2.89. The molecule has 0 heterocycles. The SMILES string of the molecule is CC(/C(=C\Cl)C(=O)O)P(=O)(O)O. The molecule has 0 aliphatic carbocycles. The third kappa shape index (κ3) is 2.95. The normalized spacial score (nSPS) is 15.8. The molecule has 3 N–H and O–H groups in total. The van der Waals surface area contributed by atoms with Gasteiger partial charge in [-0.05, 0) is 6.92 Å². The lowest BCUT2D eigenvalue weighted by atomic mass is 10.2. The highest BCUT2D eigenvalue weighted by molar-refractivity contribution is 7.52. The lowest BCUT2D eigenvalue weighted by Gasteiger charge is -2.12. The van der Waals surface area contributed by atoms with Crippen molar-refractivity contribution in [1.82, 2.24) is 0 Å². The van der Waals surface area contributed by atoms with Crippen LogP contribution in [0.3, 0.4) is 0 Å². The molecule has 0 fully saturated rings. The molecule has 5 nitrogen and oxygen atoms in total. The first-order chi connectivity index (χ1) is 5.30. The van der Waals surface area contributed by atoms with Crippen LogP contribution in [-0.4, -0.2) is 26.5 Å². The Morgan fingerprint density at radius 1 is 1.58 bits per heavy atom. The molecular formula is C5H8ClO5P. The zero-order valence-electron chi connectivity index (χ0n) is 6.14. The molecule has 0 saturated heterocycles. The van der Waals surface area contributed by atoms with Gasteiger partial charge in [0.1, 0.15) is 0 Å². The van der Waals surface area contributed by atoms with E-state index in [0.29, 0.717) is 5.54 Å². The van der Waals surface area contributed by atoms with Crippen LogP contribution in [0.1, 0.15) is 6.92 Å². The Hall–Kier alpha value is -0.350. The molecular weight excluding hydrogens is 206 g/mol. The second kappa shape index (κ2) is 4.05. The summed E-state index contributed by atoms with van der Waals surface area (Å²) in [7, 11) is -4.42. The number of aliphatic carboxylic acids is 1. The maximum Gasteiger partial charge on any atom is 0.333 e. The van der Waals surface area contributed by atoms with Crippen molar-refractivity contribution in [3.8, 4) is 0 Å². The molecule has 1 unspecified atom stereocenters. The summed E-state index contributed by atoms with van der Waals surface area (Å²) >= 11 is 5.08. The summed E-state index contributed by atoms with van der Waals surface area (Å²) in [6.07, 6.45) is 0. The fourth-order valence-electron chi connectivity index (χ4n) is 0.498. The number of carbonyl (C=O) groups is 1. The molecule has 0 aliphatic heterocycles. The van der Waals surface area contributed by atoms with Crippen molar-refractivity contribution in [3.05, 3.63) is 11.1 Å². The fourth-order valence-corrected chi connectivity index (χ4v) is 1.42. The minimum absolute atomic E-state index is 0.495. The van der Waals surface area contributed by atoms with E-state index in [4.69, 9.17) is 26.5 Å². The summed E-state index contributed by atoms with van der Waals surface area (Å²) in [6.45, 7) is 1.10. The van der Waals surface area contributed by atoms with E-state index in [1.807, 2.05) is 0 Å². The number of hydrogen-bond acceptors (Lipinski definition) is 2. The highest BCUT2D eigenvalue weighted by Crippen LogP contribution is 2.44. The van der Waals surface area contributed by atoms with Gasteiger partial charge in [-0.3, -0.25) is 4.57 Å². The number of hydrogen-bond donors (Lipinski definition) is 3. The first kappa shape index (κ1) is 11.6. The summed E-state index contributed by atoms with van der Waals surface area (Å²) in [5.41, 5.74) is -1.22. The third-order valence-electron chi connectivity index (χ3n) is 1.32. The molecule has 0 aromatic heterocycles. The maximum absolute atomic E-state index is 10.6. The molecule has 0 aromatic rings. The zero-order chi connectivity index (χ0) is 9.94. The van der Waals surface area contributed by atoms with Crippen LogP contribution in [0.4, 0.5) is 0 Å². The zero-order valence-corrected chi connectivity index (χ0v) is 7.79. The molecule has 0 aliphatic rings. The topological polar surface area (TPSA) is 94.8 Å². The number of carboxylic acid groups (broad SMARTS) is 1. The van der Waals surface area contributed by atoms with E-state index >= 15 is 0 Å². The van der Waals surface area contributed by atoms with Gasteiger partial charge in [0.25, 0.3) is 0 Å². The van der Waals surface area contributed by atoms with E-state index in [-0.39, 0.29) is 0 Å². The lowest BCUT2D eigenvalue weighted by Crippen LogP contribution is -2.14. The van der Waals surface area contributed by atoms with Crippen LogP contribution in [0.25, 0.3) is 0 Å². The third-order valence-corrected chi connectivity index (χ3v) is 2.84. The van der Waals surface area contributed by atoms with E-state index in [2.05, 4.69) is 0 Å². The second-order valence-electron chi connectivity index (χ2n) is 2.13. The second-order valence-corrected chi connectivity index (χ2v) is 4.31. The smallest absolute Gasteiger partial charge is 0.333 e. The molecule has 0 aromatic carbocycles. The molecule has 0 radical (unpaired) electrons. The fraction of sp³-hybridized carbons (Fsp3) is 0.400. The maximum atomic E-state index is 10.6. The van der Waals surface area contributed by atoms with E-state index < -0.39 is 24.8 Å². The standard InChI is InChI=1S/C5H8ClO5P/c1-3(12(9,10)11)4(2-6)5(7)8/h2-3H,1H3,(H,7,8)(H2,9,10,11)/b4-2+. The predicted octanol–water partition coefficient (Wildman–Crippen LogP) is 0.760. The van der Waals surface area contributed by atoms with Crippen molar-refractivity contribution in [2.75, 3.05) is 0 Å². The van der Waals surface area contributed by atoms with Crippen molar-refractivity contribution in [1.29, 1.82) is 0 Å². The highest BCUT2D eigenvalue weighted by Gasteiger charge is 2.31. The van der Waals surface area contributed by atoms with Crippen molar-refractivity contribution in [3.63, 3.8) is 0 Å². The van der Waals surface area contributed by atoms with Crippen LogP contribution in [-0.2, 0) is 9.36 Å². The molecule has 0 saturated carbocycles. The average molecular weight is 215 g/mol. The Morgan fingerprint density at radius 2 is 2.00 bits per heavy atom. The van der Waals surface area contributed by atoms with Gasteiger partial charge in [0.05, 0.1) is 11.2 Å². The van der Waals surface area contributed by atoms with Crippen LogP contribution in [0.5, 0.6) is 0 Å². The van der Waals surface area contributed by atoms with Gasteiger partial charge in [0.2, 0.25) is 0 Å². The van der Waals surface area contributed by atoms with Crippen LogP contribution in [0.15, 0.2) is 11.1 Å². The van der Waals surface area contributed by atoms with Crippen LogP contribution in [0, 0.1) is 0 Å². The quantitative estimate of drug-likeness (QED) is 0.476. The van der Waals surface area contributed by atoms with Crippen LogP contribution in [0.2, 0.25) is 0 Å². The van der Waals surface area contributed by atoms with Gasteiger partial charge in [-0.1, -0.05) is 11.6 Å². The molecule has 12 heavy (non-hydrogen) atoms. The molecule has 0 amide bonds. The van der Waals surface area contributed by atoms with E-state index in [9.17, 15) is 9.36 Å². The van der Waals surface area contributed by atoms with Gasteiger partial charge in [-0.15, -0.1) is 0 Å². The van der Waals surface area contributed by atoms with Gasteiger partial charge >= 0.3 is 13.6 Å². The van der Waals surface area contributed by atoms with E-state index in [0.717, 1.165) is 6.92 Å². The van der Waals surface area contributed by atoms with Gasteiger partial charge in [-0.25, -0.2) is 4.79 Å². The van der Waals surface area contributed by atoms with Crippen molar-refractivity contribution in [2.45, 2.75) is 12.6 Å². The monoisotopic (exact) mass is 214 g/mol. The minimum atomic E-state index is -4.42.